The van der Waals surface area contributed by atoms with E-state index in [-0.39, 0.29) is 22.9 Å². The Labute approximate surface area is 189 Å². The fraction of sp³-hybridized carbons (Fsp3) is 0.435. The van der Waals surface area contributed by atoms with Gasteiger partial charge in [-0.05, 0) is 55.5 Å². The van der Waals surface area contributed by atoms with Crippen LogP contribution in [-0.2, 0) is 16.4 Å². The quantitative estimate of drug-likeness (QED) is 0.592. The Bertz CT molecular complexity index is 1000. The number of aryl methyl sites for hydroxylation is 1. The van der Waals surface area contributed by atoms with Crippen molar-refractivity contribution in [3.05, 3.63) is 58.6 Å². The van der Waals surface area contributed by atoms with Gasteiger partial charge in [-0.15, -0.1) is 0 Å². The molecule has 2 aromatic rings. The van der Waals surface area contributed by atoms with Crippen LogP contribution in [0.5, 0.6) is 5.75 Å². The van der Waals surface area contributed by atoms with Gasteiger partial charge < -0.3 is 9.64 Å². The summed E-state index contributed by atoms with van der Waals surface area (Å²) in [6.07, 6.45) is 5.40. The van der Waals surface area contributed by atoms with Gasteiger partial charge in [0.15, 0.2) is 0 Å². The van der Waals surface area contributed by atoms with Crippen LogP contribution in [0.1, 0.15) is 48.0 Å². The summed E-state index contributed by atoms with van der Waals surface area (Å²) in [4.78, 5) is 14.9. The lowest BCUT2D eigenvalue weighted by atomic mass is 10.1. The summed E-state index contributed by atoms with van der Waals surface area (Å²) < 4.78 is 33.6. The van der Waals surface area contributed by atoms with Crippen LogP contribution in [0.3, 0.4) is 0 Å². The van der Waals surface area contributed by atoms with Gasteiger partial charge in [0, 0.05) is 24.7 Å². The van der Waals surface area contributed by atoms with Crippen molar-refractivity contribution >= 4 is 27.5 Å². The number of amides is 1. The van der Waals surface area contributed by atoms with Gasteiger partial charge in [-0.3, -0.25) is 4.79 Å². The SMILES string of the molecule is COc1ccc(S(=O)(=O)NCCCc2ccccc2Cl)cc1C(=O)N1CCCCCC1. The molecule has 1 saturated heterocycles. The molecule has 3 rings (SSSR count). The number of carbonyl (C=O) groups is 1. The van der Waals surface area contributed by atoms with Crippen LogP contribution in [0.15, 0.2) is 47.4 Å². The van der Waals surface area contributed by atoms with Crippen molar-refractivity contribution in [3.8, 4) is 5.75 Å². The average Bonchev–Trinajstić information content (AvgIpc) is 3.06. The summed E-state index contributed by atoms with van der Waals surface area (Å²) >= 11 is 6.15. The molecule has 0 radical (unpaired) electrons. The predicted molar refractivity (Wildman–Crippen MR) is 122 cm³/mol. The minimum Gasteiger partial charge on any atom is -0.496 e. The van der Waals surface area contributed by atoms with Crippen molar-refractivity contribution in [1.29, 1.82) is 0 Å². The van der Waals surface area contributed by atoms with Gasteiger partial charge in [-0.25, -0.2) is 13.1 Å². The number of rotatable bonds is 8. The van der Waals surface area contributed by atoms with Crippen molar-refractivity contribution in [3.63, 3.8) is 0 Å². The first-order chi connectivity index (χ1) is 14.9. The van der Waals surface area contributed by atoms with Gasteiger partial charge in [-0.2, -0.15) is 0 Å². The summed E-state index contributed by atoms with van der Waals surface area (Å²) in [6.45, 7) is 1.63. The van der Waals surface area contributed by atoms with Gasteiger partial charge in [0.2, 0.25) is 10.0 Å². The number of hydrogen-bond donors (Lipinski definition) is 1. The lowest BCUT2D eigenvalue weighted by Crippen LogP contribution is -2.32. The average molecular weight is 465 g/mol. The number of benzene rings is 2. The zero-order chi connectivity index (χ0) is 22.3. The maximum atomic E-state index is 13.1. The van der Waals surface area contributed by atoms with Crippen molar-refractivity contribution in [2.24, 2.45) is 0 Å². The fourth-order valence-electron chi connectivity index (χ4n) is 3.74. The van der Waals surface area contributed by atoms with E-state index < -0.39 is 10.0 Å². The van der Waals surface area contributed by atoms with E-state index in [0.717, 1.165) is 31.2 Å². The minimum absolute atomic E-state index is 0.0595. The normalized spacial score (nSPS) is 14.8. The number of hydrogen-bond acceptors (Lipinski definition) is 4. The second kappa shape index (κ2) is 11.0. The molecule has 8 heteroatoms. The third-order valence-corrected chi connectivity index (χ3v) is 7.31. The van der Waals surface area contributed by atoms with Gasteiger partial charge in [-0.1, -0.05) is 42.6 Å². The summed E-state index contributed by atoms with van der Waals surface area (Å²) in [5.74, 6) is 0.196. The summed E-state index contributed by atoms with van der Waals surface area (Å²) in [5, 5.41) is 0.678. The minimum atomic E-state index is -3.75. The van der Waals surface area contributed by atoms with E-state index in [0.29, 0.717) is 36.7 Å². The Morgan fingerprint density at radius 1 is 1.10 bits per heavy atom. The lowest BCUT2D eigenvalue weighted by Gasteiger charge is -2.22. The lowest BCUT2D eigenvalue weighted by molar-refractivity contribution is 0.0758. The number of nitrogens with one attached hydrogen (secondary N) is 1. The summed E-state index contributed by atoms with van der Waals surface area (Å²) in [5.41, 5.74) is 1.27. The van der Waals surface area contributed by atoms with E-state index >= 15 is 0 Å². The molecule has 31 heavy (non-hydrogen) atoms. The van der Waals surface area contributed by atoms with E-state index in [4.69, 9.17) is 16.3 Å². The first-order valence-electron chi connectivity index (χ1n) is 10.6. The van der Waals surface area contributed by atoms with Gasteiger partial charge in [0.1, 0.15) is 5.75 Å². The van der Waals surface area contributed by atoms with Gasteiger partial charge in [0.05, 0.1) is 17.6 Å². The molecule has 1 fully saturated rings. The predicted octanol–water partition coefficient (Wildman–Crippen LogP) is 4.28. The van der Waals surface area contributed by atoms with Crippen molar-refractivity contribution < 1.29 is 17.9 Å². The summed E-state index contributed by atoms with van der Waals surface area (Å²) in [6, 6.07) is 12.0. The van der Waals surface area contributed by atoms with Crippen LogP contribution >= 0.6 is 11.6 Å². The van der Waals surface area contributed by atoms with E-state index in [9.17, 15) is 13.2 Å². The molecule has 0 unspecified atom stereocenters. The Morgan fingerprint density at radius 2 is 1.81 bits per heavy atom. The van der Waals surface area contributed by atoms with E-state index in [1.54, 1.807) is 11.0 Å². The topological polar surface area (TPSA) is 75.7 Å². The number of nitrogens with zero attached hydrogens (tertiary/aromatic N) is 1. The maximum absolute atomic E-state index is 13.1. The maximum Gasteiger partial charge on any atom is 0.257 e. The molecule has 0 atom stereocenters. The van der Waals surface area contributed by atoms with Gasteiger partial charge >= 0.3 is 0 Å². The molecule has 1 aliphatic heterocycles. The first-order valence-corrected chi connectivity index (χ1v) is 12.5. The molecule has 1 heterocycles. The number of carbonyl (C=O) groups excluding carboxylic acids is 1. The largest absolute Gasteiger partial charge is 0.496 e. The van der Waals surface area contributed by atoms with Crippen LogP contribution < -0.4 is 9.46 Å². The monoisotopic (exact) mass is 464 g/mol. The molecule has 6 nitrogen and oxygen atoms in total. The van der Waals surface area contributed by atoms with Crippen molar-refractivity contribution in [2.45, 2.75) is 43.4 Å². The Morgan fingerprint density at radius 3 is 2.48 bits per heavy atom. The smallest absolute Gasteiger partial charge is 0.257 e. The third-order valence-electron chi connectivity index (χ3n) is 5.48. The van der Waals surface area contributed by atoms with Crippen molar-refractivity contribution in [2.75, 3.05) is 26.7 Å². The standard InChI is InChI=1S/C23H29ClN2O4S/c1-30-22-13-12-19(17-20(22)23(27)26-15-6-2-3-7-16-26)31(28,29)25-14-8-10-18-9-4-5-11-21(18)24/h4-5,9,11-13,17,25H,2-3,6-8,10,14-16H2,1H3. The molecule has 0 spiro atoms. The van der Waals surface area contributed by atoms with E-state index in [1.165, 1.54) is 19.2 Å². The molecule has 0 aromatic heterocycles. The zero-order valence-corrected chi connectivity index (χ0v) is 19.3. The van der Waals surface area contributed by atoms with Crippen LogP contribution in [0, 0.1) is 0 Å². The van der Waals surface area contributed by atoms with Crippen molar-refractivity contribution in [1.82, 2.24) is 9.62 Å². The highest BCUT2D eigenvalue weighted by molar-refractivity contribution is 7.89. The highest BCUT2D eigenvalue weighted by Gasteiger charge is 2.24. The Hall–Kier alpha value is -2.09. The first kappa shape index (κ1) is 23.6. The Kier molecular flexibility index (Phi) is 8.35. The highest BCUT2D eigenvalue weighted by atomic mass is 35.5. The third kappa shape index (κ3) is 6.21. The highest BCUT2D eigenvalue weighted by Crippen LogP contribution is 2.25. The number of halogens is 1. The van der Waals surface area contributed by atoms with Crippen LogP contribution in [0.25, 0.3) is 0 Å². The summed E-state index contributed by atoms with van der Waals surface area (Å²) in [7, 11) is -2.27. The second-order valence-corrected chi connectivity index (χ2v) is 9.84. The van der Waals surface area contributed by atoms with Gasteiger partial charge in [0.25, 0.3) is 5.91 Å². The number of ether oxygens (including phenoxy) is 1. The molecule has 0 bridgehead atoms. The Balaban J connectivity index is 1.69. The number of methoxy groups -OCH3 is 1. The second-order valence-electron chi connectivity index (χ2n) is 7.66. The molecule has 2 aromatic carbocycles. The molecule has 168 valence electrons. The van der Waals surface area contributed by atoms with Crippen LogP contribution in [-0.4, -0.2) is 46.0 Å². The molecular weight excluding hydrogens is 436 g/mol. The molecule has 1 amide bonds. The van der Waals surface area contributed by atoms with Crippen LogP contribution in [0.4, 0.5) is 0 Å². The zero-order valence-electron chi connectivity index (χ0n) is 17.8. The molecular formula is C23H29ClN2O4S. The fourth-order valence-corrected chi connectivity index (χ4v) is 5.07. The van der Waals surface area contributed by atoms with E-state index in [2.05, 4.69) is 4.72 Å². The molecule has 1 aliphatic rings. The molecule has 0 saturated carbocycles. The molecule has 0 aliphatic carbocycles. The number of sulfonamides is 1. The van der Waals surface area contributed by atoms with E-state index in [1.807, 2.05) is 24.3 Å². The number of likely N-dealkylation sites (tertiary alicyclic amines) is 1. The van der Waals surface area contributed by atoms with Crippen LogP contribution in [0.2, 0.25) is 5.02 Å². The molecule has 1 N–H and O–H groups in total.